The number of benzene rings is 8. The number of nitrogens with zero attached hydrogens (tertiary/aromatic N) is 1. The molecule has 246 valence electrons. The Morgan fingerprint density at radius 1 is 0.327 bits per heavy atom. The lowest BCUT2D eigenvalue weighted by Crippen LogP contribution is -2.14. The first kappa shape index (κ1) is 30.4. The first-order chi connectivity index (χ1) is 25.5. The summed E-state index contributed by atoms with van der Waals surface area (Å²) in [5.41, 5.74) is 18.9. The molecule has 9 aromatic rings. The highest BCUT2D eigenvalue weighted by molar-refractivity contribution is 6.10. The number of fused-ring (bicyclic) bond motifs is 6. The van der Waals surface area contributed by atoms with Gasteiger partial charge in [0, 0.05) is 21.9 Å². The van der Waals surface area contributed by atoms with E-state index in [1.165, 1.54) is 88.6 Å². The summed E-state index contributed by atoms with van der Waals surface area (Å²) < 4.78 is 2.41. The number of para-hydroxylation sites is 1. The van der Waals surface area contributed by atoms with E-state index in [1.807, 2.05) is 0 Å². The molecule has 0 atom stereocenters. The topological polar surface area (TPSA) is 4.93 Å². The molecule has 8 aromatic carbocycles. The molecule has 10 rings (SSSR count). The van der Waals surface area contributed by atoms with Crippen LogP contribution in [0.3, 0.4) is 0 Å². The Labute approximate surface area is 305 Å². The first-order valence-corrected chi connectivity index (χ1v) is 18.2. The van der Waals surface area contributed by atoms with Crippen molar-refractivity contribution in [2.24, 2.45) is 0 Å². The largest absolute Gasteiger partial charge is 0.309 e. The molecule has 1 aliphatic carbocycles. The van der Waals surface area contributed by atoms with Gasteiger partial charge in [0.1, 0.15) is 0 Å². The predicted octanol–water partition coefficient (Wildman–Crippen LogP) is 13.8. The Morgan fingerprint density at radius 3 is 1.52 bits per heavy atom. The molecule has 0 spiro atoms. The third kappa shape index (κ3) is 4.85. The van der Waals surface area contributed by atoms with E-state index in [2.05, 4.69) is 206 Å². The van der Waals surface area contributed by atoms with Crippen LogP contribution in [0, 0.1) is 0 Å². The highest BCUT2D eigenvalue weighted by Gasteiger charge is 2.35. The van der Waals surface area contributed by atoms with E-state index in [4.69, 9.17) is 0 Å². The molecule has 0 bridgehead atoms. The van der Waals surface area contributed by atoms with Crippen LogP contribution in [0.5, 0.6) is 0 Å². The van der Waals surface area contributed by atoms with E-state index in [-0.39, 0.29) is 5.41 Å². The fourth-order valence-electron chi connectivity index (χ4n) is 8.52. The SMILES string of the molecule is CC1(C)c2ccccc2-c2cc(-c3ccc4c(c3)c3ccccc3n4-c3ccc(-c4cc(-c5ccccc5)cc(-c5ccccc5)c4)cc3)ccc21. The molecule has 0 saturated heterocycles. The van der Waals surface area contributed by atoms with E-state index in [0.29, 0.717) is 0 Å². The summed E-state index contributed by atoms with van der Waals surface area (Å²) in [7, 11) is 0. The molecule has 52 heavy (non-hydrogen) atoms. The van der Waals surface area contributed by atoms with Gasteiger partial charge in [-0.15, -0.1) is 0 Å². The van der Waals surface area contributed by atoms with E-state index in [9.17, 15) is 0 Å². The number of rotatable bonds is 5. The summed E-state index contributed by atoms with van der Waals surface area (Å²) in [5.74, 6) is 0. The van der Waals surface area contributed by atoms with Gasteiger partial charge in [-0.1, -0.05) is 147 Å². The quantitative estimate of drug-likeness (QED) is 0.173. The fourth-order valence-corrected chi connectivity index (χ4v) is 8.52. The molecule has 1 aromatic heterocycles. The van der Waals surface area contributed by atoms with Crippen molar-refractivity contribution in [1.82, 2.24) is 4.57 Å². The van der Waals surface area contributed by atoms with Gasteiger partial charge >= 0.3 is 0 Å². The van der Waals surface area contributed by atoms with Crippen LogP contribution >= 0.6 is 0 Å². The van der Waals surface area contributed by atoms with Crippen molar-refractivity contribution in [2.45, 2.75) is 19.3 Å². The van der Waals surface area contributed by atoms with Gasteiger partial charge < -0.3 is 4.57 Å². The molecule has 0 N–H and O–H groups in total. The Balaban J connectivity index is 1.06. The fraction of sp³-hybridized carbons (Fsp3) is 0.0588. The van der Waals surface area contributed by atoms with Gasteiger partial charge in [0.25, 0.3) is 0 Å². The molecule has 0 saturated carbocycles. The molecule has 0 radical (unpaired) electrons. The monoisotopic (exact) mass is 663 g/mol. The van der Waals surface area contributed by atoms with Crippen molar-refractivity contribution < 1.29 is 0 Å². The molecule has 0 fully saturated rings. The van der Waals surface area contributed by atoms with E-state index in [1.54, 1.807) is 0 Å². The van der Waals surface area contributed by atoms with Gasteiger partial charge in [-0.25, -0.2) is 0 Å². The molecule has 0 unspecified atom stereocenters. The lowest BCUT2D eigenvalue weighted by atomic mass is 9.82. The predicted molar refractivity (Wildman–Crippen MR) is 220 cm³/mol. The van der Waals surface area contributed by atoms with Gasteiger partial charge in [-0.2, -0.15) is 0 Å². The van der Waals surface area contributed by atoms with E-state index < -0.39 is 0 Å². The van der Waals surface area contributed by atoms with Gasteiger partial charge in [-0.05, 0) is 121 Å². The Hall–Kier alpha value is -6.44. The van der Waals surface area contributed by atoms with Crippen LogP contribution in [0.4, 0.5) is 0 Å². The Kier molecular flexibility index (Phi) is 6.91. The lowest BCUT2D eigenvalue weighted by molar-refractivity contribution is 0.660. The Morgan fingerprint density at radius 2 is 0.827 bits per heavy atom. The third-order valence-electron chi connectivity index (χ3n) is 11.2. The van der Waals surface area contributed by atoms with Gasteiger partial charge in [0.05, 0.1) is 11.0 Å². The van der Waals surface area contributed by atoms with Crippen molar-refractivity contribution in [1.29, 1.82) is 0 Å². The molecule has 0 aliphatic heterocycles. The van der Waals surface area contributed by atoms with Crippen LogP contribution in [0.25, 0.3) is 83.1 Å². The lowest BCUT2D eigenvalue weighted by Gasteiger charge is -2.21. The maximum Gasteiger partial charge on any atom is 0.0541 e. The van der Waals surface area contributed by atoms with Crippen LogP contribution in [-0.2, 0) is 5.41 Å². The zero-order valence-electron chi connectivity index (χ0n) is 29.3. The van der Waals surface area contributed by atoms with Crippen molar-refractivity contribution in [2.75, 3.05) is 0 Å². The summed E-state index contributed by atoms with van der Waals surface area (Å²) >= 11 is 0. The zero-order chi connectivity index (χ0) is 34.8. The van der Waals surface area contributed by atoms with Crippen LogP contribution in [0.1, 0.15) is 25.0 Å². The van der Waals surface area contributed by atoms with Crippen LogP contribution in [-0.4, -0.2) is 4.57 Å². The van der Waals surface area contributed by atoms with Crippen LogP contribution in [0.2, 0.25) is 0 Å². The number of hydrogen-bond acceptors (Lipinski definition) is 0. The molecular formula is C51H37N. The summed E-state index contributed by atoms with van der Waals surface area (Å²) in [6, 6.07) is 69.1. The maximum absolute atomic E-state index is 2.41. The van der Waals surface area contributed by atoms with Gasteiger partial charge in [-0.3, -0.25) is 0 Å². The average Bonchev–Trinajstić information content (AvgIpc) is 3.66. The normalized spacial score (nSPS) is 13.0. The van der Waals surface area contributed by atoms with Crippen LogP contribution in [0.15, 0.2) is 188 Å². The summed E-state index contributed by atoms with van der Waals surface area (Å²) in [4.78, 5) is 0. The Bertz CT molecular complexity index is 2730. The summed E-state index contributed by atoms with van der Waals surface area (Å²) in [5, 5.41) is 2.53. The van der Waals surface area contributed by atoms with E-state index >= 15 is 0 Å². The first-order valence-electron chi connectivity index (χ1n) is 18.2. The van der Waals surface area contributed by atoms with Gasteiger partial charge in [0.15, 0.2) is 0 Å². The molecule has 1 heteroatoms. The highest BCUT2D eigenvalue weighted by atomic mass is 15.0. The van der Waals surface area contributed by atoms with Crippen molar-refractivity contribution >= 4 is 21.8 Å². The van der Waals surface area contributed by atoms with E-state index in [0.717, 1.165) is 5.69 Å². The second-order valence-corrected chi connectivity index (χ2v) is 14.6. The maximum atomic E-state index is 2.41. The van der Waals surface area contributed by atoms with Crippen molar-refractivity contribution in [3.63, 3.8) is 0 Å². The molecule has 1 aliphatic rings. The molecular weight excluding hydrogens is 627 g/mol. The summed E-state index contributed by atoms with van der Waals surface area (Å²) in [6.07, 6.45) is 0. The number of hydrogen-bond donors (Lipinski definition) is 0. The average molecular weight is 664 g/mol. The third-order valence-corrected chi connectivity index (χ3v) is 11.2. The van der Waals surface area contributed by atoms with Crippen LogP contribution < -0.4 is 0 Å². The van der Waals surface area contributed by atoms with Crippen molar-refractivity contribution in [3.8, 4) is 61.3 Å². The second kappa shape index (κ2) is 11.8. The zero-order valence-corrected chi connectivity index (χ0v) is 29.3. The summed E-state index contributed by atoms with van der Waals surface area (Å²) in [6.45, 7) is 4.68. The number of aromatic nitrogens is 1. The van der Waals surface area contributed by atoms with Gasteiger partial charge in [0.2, 0.25) is 0 Å². The molecule has 0 amide bonds. The molecule has 1 nitrogen and oxygen atoms in total. The molecule has 1 heterocycles. The highest BCUT2D eigenvalue weighted by Crippen LogP contribution is 2.49. The minimum absolute atomic E-state index is 0.00621. The minimum Gasteiger partial charge on any atom is -0.309 e. The second-order valence-electron chi connectivity index (χ2n) is 14.6. The standard InChI is InChI=1S/C51H37N/c1-51(2)47-19-11-9-17-43(47)45-32-37(23-27-48(45)51)38-24-28-50-46(33-38)44-18-10-12-20-49(44)52(50)42-25-21-36(22-26-42)41-30-39(34-13-5-3-6-14-34)29-40(31-41)35-15-7-4-8-16-35/h3-33H,1-2H3. The minimum atomic E-state index is 0.00621. The van der Waals surface area contributed by atoms with Crippen molar-refractivity contribution in [3.05, 3.63) is 199 Å². The smallest absolute Gasteiger partial charge is 0.0541 e.